The van der Waals surface area contributed by atoms with E-state index >= 15 is 0 Å². The molecule has 5 heteroatoms. The molecule has 0 aromatic heterocycles. The van der Waals surface area contributed by atoms with Crippen LogP contribution in [-0.2, 0) is 9.59 Å². The van der Waals surface area contributed by atoms with Crippen molar-refractivity contribution >= 4 is 11.8 Å². The van der Waals surface area contributed by atoms with E-state index in [0.29, 0.717) is 0 Å². The number of hydrogen-bond acceptors (Lipinski definition) is 3. The highest BCUT2D eigenvalue weighted by Crippen LogP contribution is 2.27. The Balaban J connectivity index is 1.96. The second kappa shape index (κ2) is 5.26. The van der Waals surface area contributed by atoms with Gasteiger partial charge in [-0.15, -0.1) is 0 Å². The number of hydrogen-bond donors (Lipinski definition) is 2. The summed E-state index contributed by atoms with van der Waals surface area (Å²) in [6, 6.07) is -0.216. The third kappa shape index (κ3) is 2.36. The SMILES string of the molecule is C[C@@H](O)[C@H]1C(=O)N[C@@H]1[C@@H](C)C(=O)N1CCCCC1. The summed E-state index contributed by atoms with van der Waals surface area (Å²) in [5.41, 5.74) is 0. The fourth-order valence-corrected chi connectivity index (χ4v) is 2.93. The number of amides is 2. The fourth-order valence-electron chi connectivity index (χ4n) is 2.93. The lowest BCUT2D eigenvalue weighted by Gasteiger charge is -2.43. The summed E-state index contributed by atoms with van der Waals surface area (Å²) in [7, 11) is 0. The first-order valence-corrected chi connectivity index (χ1v) is 6.79. The number of nitrogens with one attached hydrogen (secondary N) is 1. The van der Waals surface area contributed by atoms with Crippen molar-refractivity contribution in [3.63, 3.8) is 0 Å². The van der Waals surface area contributed by atoms with Gasteiger partial charge in [-0.3, -0.25) is 9.59 Å². The van der Waals surface area contributed by atoms with E-state index in [0.717, 1.165) is 25.9 Å². The number of nitrogens with zero attached hydrogens (tertiary/aromatic N) is 1. The van der Waals surface area contributed by atoms with Crippen LogP contribution in [-0.4, -0.2) is 47.1 Å². The Morgan fingerprint density at radius 1 is 1.33 bits per heavy atom. The lowest BCUT2D eigenvalue weighted by atomic mass is 9.78. The molecule has 2 saturated heterocycles. The Morgan fingerprint density at radius 3 is 2.44 bits per heavy atom. The minimum absolute atomic E-state index is 0.102. The van der Waals surface area contributed by atoms with E-state index in [1.807, 2.05) is 11.8 Å². The lowest BCUT2D eigenvalue weighted by molar-refractivity contribution is -0.148. The zero-order valence-corrected chi connectivity index (χ0v) is 11.1. The summed E-state index contributed by atoms with van der Waals surface area (Å²) < 4.78 is 0. The summed E-state index contributed by atoms with van der Waals surface area (Å²) in [4.78, 5) is 25.6. The van der Waals surface area contributed by atoms with Crippen LogP contribution in [0.2, 0.25) is 0 Å². The third-order valence-electron chi connectivity index (χ3n) is 4.11. The molecule has 0 unspecified atom stereocenters. The number of likely N-dealkylation sites (tertiary alicyclic amines) is 1. The van der Waals surface area contributed by atoms with Crippen molar-refractivity contribution in [3.05, 3.63) is 0 Å². The van der Waals surface area contributed by atoms with Crippen LogP contribution in [0.3, 0.4) is 0 Å². The predicted octanol–water partition coefficient (Wildman–Crippen LogP) is 0.130. The van der Waals surface area contributed by atoms with Crippen LogP contribution in [0.4, 0.5) is 0 Å². The van der Waals surface area contributed by atoms with Crippen LogP contribution < -0.4 is 5.32 Å². The van der Waals surface area contributed by atoms with Crippen molar-refractivity contribution in [2.24, 2.45) is 11.8 Å². The number of β-lactam (4-membered cyclic amide) rings is 1. The van der Waals surface area contributed by atoms with Crippen LogP contribution >= 0.6 is 0 Å². The molecule has 2 aliphatic rings. The van der Waals surface area contributed by atoms with Gasteiger partial charge in [0.05, 0.1) is 24.0 Å². The quantitative estimate of drug-likeness (QED) is 0.703. The topological polar surface area (TPSA) is 69.6 Å². The Morgan fingerprint density at radius 2 is 1.94 bits per heavy atom. The maximum atomic E-state index is 12.3. The van der Waals surface area contributed by atoms with E-state index in [4.69, 9.17) is 0 Å². The van der Waals surface area contributed by atoms with Gasteiger partial charge in [0.25, 0.3) is 0 Å². The molecule has 0 radical (unpaired) electrons. The van der Waals surface area contributed by atoms with Crippen LogP contribution in [0.1, 0.15) is 33.1 Å². The molecule has 2 heterocycles. The van der Waals surface area contributed by atoms with Crippen LogP contribution in [0.15, 0.2) is 0 Å². The molecule has 0 aliphatic carbocycles. The van der Waals surface area contributed by atoms with Gasteiger partial charge in [-0.25, -0.2) is 0 Å². The van der Waals surface area contributed by atoms with Crippen molar-refractivity contribution in [3.8, 4) is 0 Å². The smallest absolute Gasteiger partial charge is 0.228 e. The van der Waals surface area contributed by atoms with Gasteiger partial charge in [0.2, 0.25) is 11.8 Å². The van der Waals surface area contributed by atoms with Gasteiger partial charge in [-0.05, 0) is 26.2 Å². The monoisotopic (exact) mass is 254 g/mol. The van der Waals surface area contributed by atoms with Gasteiger partial charge in [-0.2, -0.15) is 0 Å². The lowest BCUT2D eigenvalue weighted by Crippen LogP contribution is -2.66. The third-order valence-corrected chi connectivity index (χ3v) is 4.11. The zero-order valence-electron chi connectivity index (χ0n) is 11.1. The standard InChI is InChI=1S/C13H22N2O3/c1-8(11-10(9(2)16)12(17)14-11)13(18)15-6-4-3-5-7-15/h8-11,16H,3-7H2,1-2H3,(H,14,17)/t8-,9-,10-,11-/m1/s1. The highest BCUT2D eigenvalue weighted by Gasteiger charge is 2.47. The van der Waals surface area contributed by atoms with Crippen molar-refractivity contribution < 1.29 is 14.7 Å². The van der Waals surface area contributed by atoms with Gasteiger partial charge < -0.3 is 15.3 Å². The molecule has 4 atom stereocenters. The average molecular weight is 254 g/mol. The van der Waals surface area contributed by atoms with E-state index < -0.39 is 12.0 Å². The minimum atomic E-state index is -0.694. The number of carbonyl (C=O) groups excluding carboxylic acids is 2. The van der Waals surface area contributed by atoms with Gasteiger partial charge in [-0.1, -0.05) is 6.92 Å². The van der Waals surface area contributed by atoms with Crippen LogP contribution in [0.25, 0.3) is 0 Å². The van der Waals surface area contributed by atoms with Gasteiger partial charge >= 0.3 is 0 Å². The predicted molar refractivity (Wildman–Crippen MR) is 66.7 cm³/mol. The maximum absolute atomic E-state index is 12.3. The molecule has 0 aromatic carbocycles. The summed E-state index contributed by atoms with van der Waals surface area (Å²) in [6.07, 6.45) is 2.62. The average Bonchev–Trinajstić information content (AvgIpc) is 2.34. The molecule has 2 amide bonds. The normalized spacial score (nSPS) is 31.3. The van der Waals surface area contributed by atoms with E-state index in [9.17, 15) is 14.7 Å². The van der Waals surface area contributed by atoms with Crippen LogP contribution in [0, 0.1) is 11.8 Å². The molecule has 2 rings (SSSR count). The molecule has 0 bridgehead atoms. The summed E-state index contributed by atoms with van der Waals surface area (Å²) in [6.45, 7) is 5.09. The zero-order chi connectivity index (χ0) is 13.3. The van der Waals surface area contributed by atoms with E-state index in [-0.39, 0.29) is 23.8 Å². The molecular formula is C13H22N2O3. The first-order chi connectivity index (χ1) is 8.52. The first kappa shape index (κ1) is 13.3. The number of aliphatic hydroxyl groups excluding tert-OH is 1. The highest BCUT2D eigenvalue weighted by molar-refractivity contribution is 5.90. The van der Waals surface area contributed by atoms with E-state index in [2.05, 4.69) is 5.32 Å². The van der Waals surface area contributed by atoms with Crippen molar-refractivity contribution in [1.29, 1.82) is 0 Å². The largest absolute Gasteiger partial charge is 0.393 e. The minimum Gasteiger partial charge on any atom is -0.393 e. The molecular weight excluding hydrogens is 232 g/mol. The Bertz CT molecular complexity index is 337. The molecule has 5 nitrogen and oxygen atoms in total. The second-order valence-electron chi connectivity index (χ2n) is 5.48. The summed E-state index contributed by atoms with van der Waals surface area (Å²) >= 11 is 0. The second-order valence-corrected chi connectivity index (χ2v) is 5.48. The van der Waals surface area contributed by atoms with E-state index in [1.54, 1.807) is 6.92 Å². The number of piperidine rings is 1. The maximum Gasteiger partial charge on any atom is 0.228 e. The summed E-state index contributed by atoms with van der Waals surface area (Å²) in [5, 5.41) is 12.3. The van der Waals surface area contributed by atoms with E-state index in [1.165, 1.54) is 6.42 Å². The van der Waals surface area contributed by atoms with Crippen molar-refractivity contribution in [2.45, 2.75) is 45.3 Å². The number of aliphatic hydroxyl groups is 1. The number of carbonyl (C=O) groups is 2. The molecule has 18 heavy (non-hydrogen) atoms. The van der Waals surface area contributed by atoms with Crippen LogP contribution in [0.5, 0.6) is 0 Å². The molecule has 0 saturated carbocycles. The molecule has 102 valence electrons. The number of rotatable bonds is 3. The molecule has 2 fully saturated rings. The first-order valence-electron chi connectivity index (χ1n) is 6.79. The molecule has 0 aromatic rings. The highest BCUT2D eigenvalue weighted by atomic mass is 16.3. The van der Waals surface area contributed by atoms with Crippen molar-refractivity contribution in [2.75, 3.05) is 13.1 Å². The Labute approximate surface area is 108 Å². The van der Waals surface area contributed by atoms with Gasteiger partial charge in [0.1, 0.15) is 0 Å². The Kier molecular flexibility index (Phi) is 3.90. The molecule has 0 spiro atoms. The van der Waals surface area contributed by atoms with Gasteiger partial charge in [0.15, 0.2) is 0 Å². The Hall–Kier alpha value is -1.10. The molecule has 2 N–H and O–H groups in total. The fraction of sp³-hybridized carbons (Fsp3) is 0.846. The molecule has 2 aliphatic heterocycles. The van der Waals surface area contributed by atoms with Crippen molar-refractivity contribution in [1.82, 2.24) is 10.2 Å². The van der Waals surface area contributed by atoms with Gasteiger partial charge in [0, 0.05) is 13.1 Å². The summed E-state index contributed by atoms with van der Waals surface area (Å²) in [5.74, 6) is -0.729.